The summed E-state index contributed by atoms with van der Waals surface area (Å²) in [6.45, 7) is 11.3. The molecule has 4 N–H and O–H groups in total. The summed E-state index contributed by atoms with van der Waals surface area (Å²) >= 11 is 0. The van der Waals surface area contributed by atoms with E-state index in [-0.39, 0.29) is 36.2 Å². The van der Waals surface area contributed by atoms with Crippen molar-refractivity contribution >= 4 is 35.0 Å². The number of aromatic nitrogens is 4. The summed E-state index contributed by atoms with van der Waals surface area (Å²) < 4.78 is 22.4. The normalized spacial score (nSPS) is 15.8. The minimum Gasteiger partial charge on any atom is -0.492 e. The summed E-state index contributed by atoms with van der Waals surface area (Å²) in [4.78, 5) is 71.0. The zero-order valence-electron chi connectivity index (χ0n) is 35.2. The van der Waals surface area contributed by atoms with Crippen LogP contribution in [0.5, 0.6) is 5.75 Å². The minimum atomic E-state index is -0.734. The fourth-order valence-electron chi connectivity index (χ4n) is 8.09. The Morgan fingerprint density at radius 1 is 0.917 bits per heavy atom. The van der Waals surface area contributed by atoms with Gasteiger partial charge in [-0.1, -0.05) is 40.7 Å². The van der Waals surface area contributed by atoms with Crippen molar-refractivity contribution in [2.24, 2.45) is 11.8 Å². The van der Waals surface area contributed by atoms with Crippen LogP contribution < -0.4 is 15.4 Å². The van der Waals surface area contributed by atoms with Gasteiger partial charge in [0.05, 0.1) is 62.8 Å². The van der Waals surface area contributed by atoms with Crippen molar-refractivity contribution in [3.63, 3.8) is 0 Å². The molecule has 2 aliphatic heterocycles. The minimum absolute atomic E-state index is 0.124. The van der Waals surface area contributed by atoms with Crippen LogP contribution in [-0.2, 0) is 32.0 Å². The van der Waals surface area contributed by atoms with Crippen molar-refractivity contribution in [1.29, 1.82) is 0 Å². The number of amides is 4. The first-order valence-corrected chi connectivity index (χ1v) is 20.6. The molecule has 1 fully saturated rings. The zero-order valence-corrected chi connectivity index (χ0v) is 35.2. The van der Waals surface area contributed by atoms with Crippen LogP contribution in [0.25, 0.3) is 44.8 Å². The fourth-order valence-corrected chi connectivity index (χ4v) is 8.09. The summed E-state index contributed by atoms with van der Waals surface area (Å²) in [5.74, 6) is 2.14. The molecule has 16 heteroatoms. The Hall–Kier alpha value is -6.32. The van der Waals surface area contributed by atoms with Crippen LogP contribution in [0.3, 0.4) is 0 Å². The lowest BCUT2D eigenvalue weighted by molar-refractivity contribution is -0.136. The number of aromatic amines is 2. The van der Waals surface area contributed by atoms with E-state index >= 15 is 0 Å². The molecule has 0 bridgehead atoms. The molecule has 16 nitrogen and oxygen atoms in total. The fraction of sp³-hybridized carbons (Fsp3) is 0.455. The number of carbonyl (C=O) groups is 4. The molecule has 5 heterocycles. The van der Waals surface area contributed by atoms with Crippen molar-refractivity contribution in [3.8, 4) is 39.6 Å². The van der Waals surface area contributed by atoms with Crippen LogP contribution in [0.2, 0.25) is 0 Å². The van der Waals surface area contributed by atoms with E-state index in [9.17, 15) is 19.2 Å². The topological polar surface area (TPSA) is 197 Å². The number of hydrogen-bond donors (Lipinski definition) is 4. The van der Waals surface area contributed by atoms with Gasteiger partial charge in [0, 0.05) is 41.6 Å². The largest absolute Gasteiger partial charge is 0.492 e. The van der Waals surface area contributed by atoms with E-state index in [2.05, 4.69) is 31.7 Å². The first-order chi connectivity index (χ1) is 28.9. The number of rotatable bonds is 13. The highest BCUT2D eigenvalue weighted by Crippen LogP contribution is 2.43. The lowest BCUT2D eigenvalue weighted by Gasteiger charge is -2.30. The Labute approximate surface area is 348 Å². The Kier molecular flexibility index (Phi) is 12.5. The molecule has 60 heavy (non-hydrogen) atoms. The number of fused-ring (bicyclic) bond motifs is 5. The van der Waals surface area contributed by atoms with Crippen LogP contribution in [0.15, 0.2) is 53.2 Å². The number of furan rings is 1. The number of carbonyl (C=O) groups excluding carboxylic acids is 4. The molecule has 2 aliphatic rings. The maximum absolute atomic E-state index is 13.7. The van der Waals surface area contributed by atoms with Crippen LogP contribution in [0, 0.1) is 11.8 Å². The van der Waals surface area contributed by atoms with Gasteiger partial charge in [-0.25, -0.2) is 19.6 Å². The maximum atomic E-state index is 13.7. The van der Waals surface area contributed by atoms with Gasteiger partial charge in [0.15, 0.2) is 0 Å². The van der Waals surface area contributed by atoms with Gasteiger partial charge in [0.2, 0.25) is 11.8 Å². The number of hydrogen-bond acceptors (Lipinski definition) is 10. The van der Waals surface area contributed by atoms with Crippen LogP contribution in [-0.4, -0.2) is 99.7 Å². The number of alkyl carbamates (subject to hydrolysis) is 2. The van der Waals surface area contributed by atoms with Gasteiger partial charge < -0.3 is 49.0 Å². The molecule has 3 atom stereocenters. The highest BCUT2D eigenvalue weighted by molar-refractivity contribution is 5.93. The predicted molar refractivity (Wildman–Crippen MR) is 224 cm³/mol. The molecule has 318 valence electrons. The highest BCUT2D eigenvalue weighted by Gasteiger charge is 2.38. The molecule has 3 aromatic heterocycles. The summed E-state index contributed by atoms with van der Waals surface area (Å²) in [6.07, 6.45) is 5.22. The van der Waals surface area contributed by atoms with Gasteiger partial charge in [0.1, 0.15) is 40.8 Å². The smallest absolute Gasteiger partial charge is 0.407 e. The SMILES string of the molecule is CCCN(Cc1ncc(-c2ccc3c(c2)OCCc2c-3oc3ccc(-c4cnc(C5CCCN5C(=O)C(NC(=O)OC)C(C)C)[nH]4)cc23)[nH]1)C(=O)C(NC(=O)OC)C(C)C. The molecule has 0 aliphatic carbocycles. The zero-order chi connectivity index (χ0) is 42.7. The van der Waals surface area contributed by atoms with Crippen LogP contribution >= 0.6 is 0 Å². The van der Waals surface area contributed by atoms with E-state index in [4.69, 9.17) is 23.6 Å². The summed E-state index contributed by atoms with van der Waals surface area (Å²) in [5, 5.41) is 6.36. The Morgan fingerprint density at radius 2 is 1.60 bits per heavy atom. The van der Waals surface area contributed by atoms with E-state index in [0.717, 1.165) is 69.6 Å². The van der Waals surface area contributed by atoms with Crippen molar-refractivity contribution in [3.05, 3.63) is 66.0 Å². The van der Waals surface area contributed by atoms with E-state index in [1.807, 2.05) is 65.0 Å². The molecule has 0 spiro atoms. The molecule has 5 aromatic rings. The number of likely N-dealkylation sites (tertiary alicyclic amines) is 1. The lowest BCUT2D eigenvalue weighted by Crippen LogP contribution is -2.51. The van der Waals surface area contributed by atoms with E-state index < -0.39 is 24.3 Å². The first kappa shape index (κ1) is 41.8. The molecular formula is C44H54N8O8. The second kappa shape index (κ2) is 17.9. The van der Waals surface area contributed by atoms with Gasteiger partial charge in [0.25, 0.3) is 0 Å². The van der Waals surface area contributed by atoms with E-state index in [1.165, 1.54) is 14.2 Å². The van der Waals surface area contributed by atoms with Gasteiger partial charge in [-0.3, -0.25) is 9.59 Å². The summed E-state index contributed by atoms with van der Waals surface area (Å²) in [7, 11) is 2.56. The van der Waals surface area contributed by atoms with Crippen LogP contribution in [0.4, 0.5) is 9.59 Å². The summed E-state index contributed by atoms with van der Waals surface area (Å²) in [5.41, 5.74) is 6.05. The molecule has 1 saturated heterocycles. The van der Waals surface area contributed by atoms with E-state index in [1.54, 1.807) is 22.2 Å². The maximum Gasteiger partial charge on any atom is 0.407 e. The molecule has 2 aromatic carbocycles. The molecule has 4 amide bonds. The third-order valence-corrected chi connectivity index (χ3v) is 11.3. The number of methoxy groups -OCH3 is 2. The average molecular weight is 823 g/mol. The molecule has 3 unspecified atom stereocenters. The Bertz CT molecular complexity index is 2360. The number of H-pyrrole nitrogens is 2. The van der Waals surface area contributed by atoms with Gasteiger partial charge in [-0.15, -0.1) is 0 Å². The number of benzene rings is 2. The molecule has 0 radical (unpaired) electrons. The second-order valence-electron chi connectivity index (χ2n) is 16.0. The van der Waals surface area contributed by atoms with Crippen LogP contribution in [0.1, 0.15) is 77.1 Å². The number of imidazole rings is 2. The number of nitrogens with zero attached hydrogens (tertiary/aromatic N) is 4. The Morgan fingerprint density at radius 3 is 2.32 bits per heavy atom. The molecular weight excluding hydrogens is 769 g/mol. The lowest BCUT2D eigenvalue weighted by atomic mass is 10.0. The average Bonchev–Trinajstić information content (AvgIpc) is 4.06. The monoisotopic (exact) mass is 822 g/mol. The van der Waals surface area contributed by atoms with Crippen molar-refractivity contribution in [1.82, 2.24) is 40.4 Å². The van der Waals surface area contributed by atoms with Gasteiger partial charge in [-0.2, -0.15) is 0 Å². The van der Waals surface area contributed by atoms with E-state index in [0.29, 0.717) is 43.5 Å². The first-order valence-electron chi connectivity index (χ1n) is 20.6. The quantitative estimate of drug-likeness (QED) is 0.0962. The van der Waals surface area contributed by atoms with Gasteiger partial charge >= 0.3 is 12.2 Å². The van der Waals surface area contributed by atoms with Gasteiger partial charge in [-0.05, 0) is 61.4 Å². The molecule has 0 saturated carbocycles. The summed E-state index contributed by atoms with van der Waals surface area (Å²) in [6, 6.07) is 10.4. The highest BCUT2D eigenvalue weighted by atomic mass is 16.5. The number of nitrogens with one attached hydrogen (secondary N) is 4. The second-order valence-corrected chi connectivity index (χ2v) is 16.0. The predicted octanol–water partition coefficient (Wildman–Crippen LogP) is 6.98. The Balaban J connectivity index is 1.09. The van der Waals surface area contributed by atoms with Crippen molar-refractivity contribution < 1.29 is 37.8 Å². The standard InChI is InChI=1S/C44H54N8O8/c1-8-16-51(41(53)37(24(2)3)49-43(55)57-6)23-36-45-21-31(47-36)27-11-13-29-35(20-27)59-18-15-28-30-19-26(12-14-34(30)60-39(28)29)32-22-46-40(48-32)33-10-9-17-52(33)42(54)38(25(4)5)50-44(56)58-7/h11-14,19-22,24-25,33,37-38H,8-10,15-18,23H2,1-7H3,(H,45,47)(H,46,48)(H,49,55)(H,50,56). The third-order valence-electron chi connectivity index (χ3n) is 11.3. The molecule has 7 rings (SSSR count). The third kappa shape index (κ3) is 8.54. The van der Waals surface area contributed by atoms with Crippen molar-refractivity contribution in [2.75, 3.05) is 33.9 Å². The van der Waals surface area contributed by atoms with Crippen molar-refractivity contribution in [2.45, 2.75) is 85.0 Å². The number of ether oxygens (including phenoxy) is 3.